The van der Waals surface area contributed by atoms with E-state index in [1.54, 1.807) is 6.92 Å². The molecule has 1 N–H and O–H groups in total. The Labute approximate surface area is 123 Å². The van der Waals surface area contributed by atoms with Gasteiger partial charge in [-0.1, -0.05) is 0 Å². The number of hydrogen-bond donors (Lipinski definition) is 1. The Morgan fingerprint density at radius 1 is 1.30 bits per heavy atom. The van der Waals surface area contributed by atoms with E-state index in [4.69, 9.17) is 0 Å². The van der Waals surface area contributed by atoms with Crippen molar-refractivity contribution in [2.45, 2.75) is 44.8 Å². The van der Waals surface area contributed by atoms with Gasteiger partial charge < -0.3 is 19.8 Å². The summed E-state index contributed by atoms with van der Waals surface area (Å²) in [5.41, 5.74) is 0. The van der Waals surface area contributed by atoms with Crippen molar-refractivity contribution < 1.29 is 9.90 Å². The van der Waals surface area contributed by atoms with E-state index < -0.39 is 6.10 Å². The van der Waals surface area contributed by atoms with E-state index in [-0.39, 0.29) is 5.91 Å². The van der Waals surface area contributed by atoms with Gasteiger partial charge in [0.1, 0.15) is 0 Å². The average molecular weight is 285 g/mol. The molecule has 1 aliphatic rings. The van der Waals surface area contributed by atoms with Gasteiger partial charge in [0.25, 0.3) is 0 Å². The number of nitrogens with zero attached hydrogens (tertiary/aromatic N) is 3. The Morgan fingerprint density at radius 3 is 2.40 bits per heavy atom. The molecule has 0 aromatic carbocycles. The van der Waals surface area contributed by atoms with Crippen LogP contribution in [0.25, 0.3) is 0 Å². The van der Waals surface area contributed by atoms with Crippen molar-refractivity contribution in [1.82, 2.24) is 14.7 Å². The normalized spacial score (nSPS) is 19.3. The zero-order valence-corrected chi connectivity index (χ0v) is 13.5. The van der Waals surface area contributed by atoms with Gasteiger partial charge in [0, 0.05) is 25.6 Å². The first-order valence-electron chi connectivity index (χ1n) is 7.71. The lowest BCUT2D eigenvalue weighted by molar-refractivity contribution is -0.135. The number of piperidine rings is 1. The maximum absolute atomic E-state index is 12.4. The molecule has 1 fully saturated rings. The van der Waals surface area contributed by atoms with Crippen LogP contribution in [-0.2, 0) is 4.79 Å². The van der Waals surface area contributed by atoms with Gasteiger partial charge in [-0.05, 0) is 60.4 Å². The SMILES string of the molecule is CC(O)CCC(=O)N(CCN(C)C)C1CCN(C)CC1. The molecule has 0 radical (unpaired) electrons. The third kappa shape index (κ3) is 6.20. The highest BCUT2D eigenvalue weighted by atomic mass is 16.3. The molecule has 0 aromatic heterocycles. The van der Waals surface area contributed by atoms with Crippen molar-refractivity contribution in [3.63, 3.8) is 0 Å². The van der Waals surface area contributed by atoms with Crippen molar-refractivity contribution in [2.24, 2.45) is 0 Å². The average Bonchev–Trinajstić information content (AvgIpc) is 2.38. The van der Waals surface area contributed by atoms with Gasteiger partial charge >= 0.3 is 0 Å². The predicted molar refractivity (Wildman–Crippen MR) is 81.7 cm³/mol. The van der Waals surface area contributed by atoms with E-state index in [2.05, 4.69) is 21.7 Å². The zero-order chi connectivity index (χ0) is 15.1. The van der Waals surface area contributed by atoms with Crippen LogP contribution in [0.1, 0.15) is 32.6 Å². The lowest BCUT2D eigenvalue weighted by Gasteiger charge is -2.38. The van der Waals surface area contributed by atoms with E-state index >= 15 is 0 Å². The monoisotopic (exact) mass is 285 g/mol. The first-order chi connectivity index (χ1) is 9.40. The summed E-state index contributed by atoms with van der Waals surface area (Å²) in [5.74, 6) is 0.197. The zero-order valence-electron chi connectivity index (χ0n) is 13.5. The summed E-state index contributed by atoms with van der Waals surface area (Å²) in [7, 11) is 6.20. The van der Waals surface area contributed by atoms with Gasteiger partial charge in [-0.15, -0.1) is 0 Å². The summed E-state index contributed by atoms with van der Waals surface area (Å²) in [6, 6.07) is 0.368. The predicted octanol–water partition coefficient (Wildman–Crippen LogP) is 0.632. The molecule has 0 saturated carbocycles. The molecule has 0 aliphatic carbocycles. The molecule has 1 heterocycles. The number of carbonyl (C=O) groups is 1. The van der Waals surface area contributed by atoms with E-state index in [1.807, 2.05) is 14.1 Å². The highest BCUT2D eigenvalue weighted by Crippen LogP contribution is 2.17. The lowest BCUT2D eigenvalue weighted by atomic mass is 10.0. The van der Waals surface area contributed by atoms with Crippen LogP contribution in [0.5, 0.6) is 0 Å². The fourth-order valence-corrected chi connectivity index (χ4v) is 2.60. The van der Waals surface area contributed by atoms with Crippen LogP contribution in [0.15, 0.2) is 0 Å². The minimum atomic E-state index is -0.396. The van der Waals surface area contributed by atoms with Gasteiger partial charge in [0.2, 0.25) is 5.91 Å². The summed E-state index contributed by atoms with van der Waals surface area (Å²) in [6.45, 7) is 5.55. The molecule has 1 amide bonds. The minimum Gasteiger partial charge on any atom is -0.393 e. The minimum absolute atomic E-state index is 0.197. The number of hydrogen-bond acceptors (Lipinski definition) is 4. The number of likely N-dealkylation sites (N-methyl/N-ethyl adjacent to an activating group) is 1. The largest absolute Gasteiger partial charge is 0.393 e. The Balaban J connectivity index is 2.56. The molecule has 5 nitrogen and oxygen atoms in total. The topological polar surface area (TPSA) is 47.0 Å². The van der Waals surface area contributed by atoms with Crippen LogP contribution in [0.2, 0.25) is 0 Å². The Hall–Kier alpha value is -0.650. The summed E-state index contributed by atoms with van der Waals surface area (Å²) in [4.78, 5) is 18.9. The molecule has 1 unspecified atom stereocenters. The number of aliphatic hydroxyl groups is 1. The van der Waals surface area contributed by atoms with Gasteiger partial charge in [-0.3, -0.25) is 4.79 Å². The second-order valence-electron chi connectivity index (χ2n) is 6.31. The highest BCUT2D eigenvalue weighted by Gasteiger charge is 2.26. The van der Waals surface area contributed by atoms with Crippen molar-refractivity contribution >= 4 is 5.91 Å². The van der Waals surface area contributed by atoms with Gasteiger partial charge in [0.15, 0.2) is 0 Å². The van der Waals surface area contributed by atoms with Gasteiger partial charge in [0.05, 0.1) is 6.10 Å². The molecular weight excluding hydrogens is 254 g/mol. The fourth-order valence-electron chi connectivity index (χ4n) is 2.60. The van der Waals surface area contributed by atoms with Crippen LogP contribution in [-0.4, -0.2) is 85.2 Å². The Kier molecular flexibility index (Phi) is 7.48. The molecule has 20 heavy (non-hydrogen) atoms. The second kappa shape index (κ2) is 8.60. The molecule has 1 saturated heterocycles. The van der Waals surface area contributed by atoms with E-state index in [0.717, 1.165) is 39.0 Å². The number of likely N-dealkylation sites (tertiary alicyclic amines) is 1. The summed E-state index contributed by atoms with van der Waals surface area (Å²) >= 11 is 0. The van der Waals surface area contributed by atoms with Crippen molar-refractivity contribution in [3.05, 3.63) is 0 Å². The summed E-state index contributed by atoms with van der Waals surface area (Å²) in [5, 5.41) is 9.36. The van der Waals surface area contributed by atoms with Crippen LogP contribution >= 0.6 is 0 Å². The van der Waals surface area contributed by atoms with Crippen LogP contribution in [0.4, 0.5) is 0 Å². The third-order valence-corrected chi connectivity index (χ3v) is 4.01. The van der Waals surface area contributed by atoms with Crippen molar-refractivity contribution in [2.75, 3.05) is 47.3 Å². The first-order valence-corrected chi connectivity index (χ1v) is 7.71. The quantitative estimate of drug-likeness (QED) is 0.745. The number of rotatable bonds is 7. The van der Waals surface area contributed by atoms with Gasteiger partial charge in [-0.2, -0.15) is 0 Å². The van der Waals surface area contributed by atoms with Crippen molar-refractivity contribution in [3.8, 4) is 0 Å². The highest BCUT2D eigenvalue weighted by molar-refractivity contribution is 5.76. The van der Waals surface area contributed by atoms with Gasteiger partial charge in [-0.25, -0.2) is 0 Å². The molecule has 1 atom stereocenters. The third-order valence-electron chi connectivity index (χ3n) is 4.01. The van der Waals surface area contributed by atoms with E-state index in [9.17, 15) is 9.90 Å². The number of carbonyl (C=O) groups excluding carboxylic acids is 1. The van der Waals surface area contributed by atoms with Crippen LogP contribution in [0, 0.1) is 0 Å². The molecular formula is C15H31N3O2. The fraction of sp³-hybridized carbons (Fsp3) is 0.933. The Bertz CT molecular complexity index is 287. The molecule has 5 heteroatoms. The maximum atomic E-state index is 12.4. The van der Waals surface area contributed by atoms with E-state index in [1.165, 1.54) is 0 Å². The second-order valence-corrected chi connectivity index (χ2v) is 6.31. The molecule has 1 rings (SSSR count). The summed E-state index contributed by atoms with van der Waals surface area (Å²) in [6.07, 6.45) is 2.74. The standard InChI is InChI=1S/C15H31N3O2/c1-13(19)5-6-15(20)18(12-11-16(2)3)14-7-9-17(4)10-8-14/h13-14,19H,5-12H2,1-4H3. The lowest BCUT2D eigenvalue weighted by Crippen LogP contribution is -2.48. The number of aliphatic hydroxyl groups excluding tert-OH is 1. The van der Waals surface area contributed by atoms with E-state index in [0.29, 0.717) is 18.9 Å². The molecule has 0 spiro atoms. The number of amides is 1. The van der Waals surface area contributed by atoms with Crippen LogP contribution in [0.3, 0.4) is 0 Å². The molecule has 118 valence electrons. The molecule has 1 aliphatic heterocycles. The van der Waals surface area contributed by atoms with Crippen molar-refractivity contribution in [1.29, 1.82) is 0 Å². The Morgan fingerprint density at radius 2 is 1.90 bits per heavy atom. The molecule has 0 aromatic rings. The molecule has 0 bridgehead atoms. The summed E-state index contributed by atoms with van der Waals surface area (Å²) < 4.78 is 0. The smallest absolute Gasteiger partial charge is 0.222 e. The maximum Gasteiger partial charge on any atom is 0.222 e. The van der Waals surface area contributed by atoms with Crippen LogP contribution < -0.4 is 0 Å². The first kappa shape index (κ1) is 17.4.